The molecule has 0 bridgehead atoms. The van der Waals surface area contributed by atoms with Gasteiger partial charge in [0.05, 0.1) is 18.5 Å². The number of ether oxygens (including phenoxy) is 1. The second-order valence-electron chi connectivity index (χ2n) is 8.39. The molecule has 1 aliphatic heterocycles. The number of aromatic amines is 1. The van der Waals surface area contributed by atoms with Crippen LogP contribution in [0.25, 0.3) is 0 Å². The van der Waals surface area contributed by atoms with Gasteiger partial charge in [-0.15, -0.1) is 0 Å². The lowest BCUT2D eigenvalue weighted by Gasteiger charge is -2.35. The highest BCUT2D eigenvalue weighted by Crippen LogP contribution is 2.32. The first kappa shape index (κ1) is 23.4. The Labute approximate surface area is 199 Å². The number of benzene rings is 2. The smallest absolute Gasteiger partial charge is 0.263 e. The highest BCUT2D eigenvalue weighted by molar-refractivity contribution is 6.08. The molecule has 2 aromatic carbocycles. The molecule has 2 heterocycles. The number of nitrogens with zero attached hydrogens (tertiary/aromatic N) is 2. The predicted molar refractivity (Wildman–Crippen MR) is 136 cm³/mol. The monoisotopic (exact) mass is 461 g/mol. The van der Waals surface area contributed by atoms with E-state index >= 15 is 0 Å². The van der Waals surface area contributed by atoms with Crippen LogP contribution in [0.2, 0.25) is 0 Å². The number of aromatic nitrogens is 1. The second kappa shape index (κ2) is 10.9. The van der Waals surface area contributed by atoms with Gasteiger partial charge < -0.3 is 30.2 Å². The van der Waals surface area contributed by atoms with Gasteiger partial charge in [-0.05, 0) is 43.3 Å². The quantitative estimate of drug-likeness (QED) is 0.478. The molecule has 0 spiro atoms. The number of piperazine rings is 1. The zero-order valence-electron chi connectivity index (χ0n) is 19.6. The minimum Gasteiger partial charge on any atom is -0.495 e. The number of nitrogens with one attached hydrogen (secondary N) is 3. The average molecular weight is 462 g/mol. The summed E-state index contributed by atoms with van der Waals surface area (Å²) in [7, 11) is 3.75. The maximum Gasteiger partial charge on any atom is 0.263 e. The Morgan fingerprint density at radius 3 is 2.56 bits per heavy atom. The van der Waals surface area contributed by atoms with Crippen LogP contribution in [-0.4, -0.2) is 62.7 Å². The third-order valence-corrected chi connectivity index (χ3v) is 6.04. The molecular weight excluding hydrogens is 430 g/mol. The number of hydrogen-bond acceptors (Lipinski definition) is 6. The molecule has 1 amide bonds. The van der Waals surface area contributed by atoms with Gasteiger partial charge in [0, 0.05) is 44.6 Å². The Morgan fingerprint density at radius 2 is 1.82 bits per heavy atom. The van der Waals surface area contributed by atoms with Crippen molar-refractivity contribution in [2.45, 2.75) is 6.42 Å². The second-order valence-corrected chi connectivity index (χ2v) is 8.39. The predicted octanol–water partition coefficient (Wildman–Crippen LogP) is 3.04. The molecule has 0 atom stereocenters. The normalized spacial score (nSPS) is 14.0. The Hall–Kier alpha value is -3.78. The van der Waals surface area contributed by atoms with E-state index in [9.17, 15) is 9.59 Å². The Morgan fingerprint density at radius 1 is 1.06 bits per heavy atom. The zero-order valence-corrected chi connectivity index (χ0v) is 19.6. The average Bonchev–Trinajstić information content (AvgIpc) is 2.85. The van der Waals surface area contributed by atoms with Crippen LogP contribution < -0.4 is 25.8 Å². The summed E-state index contributed by atoms with van der Waals surface area (Å²) < 4.78 is 5.56. The van der Waals surface area contributed by atoms with Crippen LogP contribution in [0.5, 0.6) is 5.75 Å². The lowest BCUT2D eigenvalue weighted by Crippen LogP contribution is -2.44. The zero-order chi connectivity index (χ0) is 23.9. The number of anilines is 3. The molecule has 1 fully saturated rings. The van der Waals surface area contributed by atoms with E-state index in [0.29, 0.717) is 17.9 Å². The number of H-pyrrole nitrogens is 1. The maximum absolute atomic E-state index is 13.2. The lowest BCUT2D eigenvalue weighted by molar-refractivity contribution is 0.102. The molecule has 0 unspecified atom stereocenters. The van der Waals surface area contributed by atoms with Gasteiger partial charge in [0.15, 0.2) is 0 Å². The number of methoxy groups -OCH3 is 1. The maximum atomic E-state index is 13.2. The Kier molecular flexibility index (Phi) is 7.49. The molecule has 0 aliphatic carbocycles. The standard InChI is InChI=1S/C26H31N5O3/c1-30-14-16-31(17-15-30)22-18-20(8-9-23(22)34-2)29-26(33)24-21(11-13-28-25(24)32)27-12-10-19-6-4-3-5-7-19/h3-9,11,13,18H,10,12,14-17H2,1-2H3,(H,29,33)(H2,27,28,32). The summed E-state index contributed by atoms with van der Waals surface area (Å²) in [5, 5.41) is 6.14. The number of likely N-dealkylation sites (N-methyl/N-ethyl adjacent to an activating group) is 1. The largest absolute Gasteiger partial charge is 0.495 e. The van der Waals surface area contributed by atoms with Gasteiger partial charge in [-0.25, -0.2) is 0 Å². The number of hydrogen-bond donors (Lipinski definition) is 3. The highest BCUT2D eigenvalue weighted by atomic mass is 16.5. The van der Waals surface area contributed by atoms with Crippen LogP contribution in [0, 0.1) is 0 Å². The van der Waals surface area contributed by atoms with E-state index in [0.717, 1.165) is 44.0 Å². The van der Waals surface area contributed by atoms with Crippen LogP contribution in [-0.2, 0) is 6.42 Å². The number of pyridine rings is 1. The molecule has 3 aromatic rings. The number of rotatable bonds is 8. The Balaban J connectivity index is 1.50. The fourth-order valence-electron chi connectivity index (χ4n) is 4.09. The van der Waals surface area contributed by atoms with Gasteiger partial charge in [-0.2, -0.15) is 0 Å². The van der Waals surface area contributed by atoms with E-state index in [1.54, 1.807) is 25.4 Å². The van der Waals surface area contributed by atoms with Crippen molar-refractivity contribution in [3.63, 3.8) is 0 Å². The summed E-state index contributed by atoms with van der Waals surface area (Å²) >= 11 is 0. The first-order valence-electron chi connectivity index (χ1n) is 11.5. The fourth-order valence-corrected chi connectivity index (χ4v) is 4.09. The molecule has 0 saturated carbocycles. The lowest BCUT2D eigenvalue weighted by atomic mass is 10.1. The molecule has 3 N–H and O–H groups in total. The molecule has 1 saturated heterocycles. The van der Waals surface area contributed by atoms with Gasteiger partial charge in [-0.1, -0.05) is 30.3 Å². The van der Waals surface area contributed by atoms with Gasteiger partial charge in [-0.3, -0.25) is 9.59 Å². The first-order chi connectivity index (χ1) is 16.5. The van der Waals surface area contributed by atoms with Gasteiger partial charge in [0.25, 0.3) is 11.5 Å². The minimum absolute atomic E-state index is 0.0625. The van der Waals surface area contributed by atoms with Crippen molar-refractivity contribution in [1.82, 2.24) is 9.88 Å². The summed E-state index contributed by atoms with van der Waals surface area (Å²) in [6, 6.07) is 17.3. The van der Waals surface area contributed by atoms with Crippen LogP contribution in [0.4, 0.5) is 17.1 Å². The van der Waals surface area contributed by atoms with E-state index in [2.05, 4.69) is 44.6 Å². The van der Waals surface area contributed by atoms with E-state index in [1.807, 2.05) is 30.3 Å². The summed E-state index contributed by atoms with van der Waals surface area (Å²) in [5.41, 5.74) is 2.85. The van der Waals surface area contributed by atoms with Crippen molar-refractivity contribution in [3.05, 3.63) is 82.3 Å². The molecule has 4 rings (SSSR count). The fraction of sp³-hybridized carbons (Fsp3) is 0.308. The molecule has 8 heteroatoms. The molecule has 34 heavy (non-hydrogen) atoms. The van der Waals surface area contributed by atoms with Crippen LogP contribution in [0.15, 0.2) is 65.6 Å². The topological polar surface area (TPSA) is 89.7 Å². The van der Waals surface area contributed by atoms with E-state index < -0.39 is 11.5 Å². The van der Waals surface area contributed by atoms with E-state index in [1.165, 1.54) is 5.56 Å². The van der Waals surface area contributed by atoms with Gasteiger partial charge in [0.1, 0.15) is 11.3 Å². The summed E-state index contributed by atoms with van der Waals surface area (Å²) in [5.74, 6) is 0.293. The van der Waals surface area contributed by atoms with Crippen molar-refractivity contribution in [2.75, 3.05) is 62.4 Å². The summed E-state index contributed by atoms with van der Waals surface area (Å²) in [6.45, 7) is 4.26. The number of carbonyl (C=O) groups excluding carboxylic acids is 1. The number of amides is 1. The molecule has 8 nitrogen and oxygen atoms in total. The van der Waals surface area contributed by atoms with Crippen LogP contribution >= 0.6 is 0 Å². The molecule has 1 aromatic heterocycles. The Bertz CT molecular complexity index is 1170. The van der Waals surface area contributed by atoms with Crippen LogP contribution in [0.3, 0.4) is 0 Å². The highest BCUT2D eigenvalue weighted by Gasteiger charge is 2.20. The SMILES string of the molecule is COc1ccc(NC(=O)c2c(NCCc3ccccc3)cc[nH]c2=O)cc1N1CCN(C)CC1. The number of carbonyl (C=O) groups is 1. The third-order valence-electron chi connectivity index (χ3n) is 6.04. The van der Waals surface area contributed by atoms with E-state index in [4.69, 9.17) is 4.74 Å². The third kappa shape index (κ3) is 5.58. The van der Waals surface area contributed by atoms with Crippen molar-refractivity contribution >= 4 is 23.0 Å². The summed E-state index contributed by atoms with van der Waals surface area (Å²) in [6.07, 6.45) is 2.32. The molecular formula is C26H31N5O3. The van der Waals surface area contributed by atoms with Crippen molar-refractivity contribution in [1.29, 1.82) is 0 Å². The van der Waals surface area contributed by atoms with Gasteiger partial charge in [0.2, 0.25) is 0 Å². The van der Waals surface area contributed by atoms with Crippen molar-refractivity contribution in [2.24, 2.45) is 0 Å². The molecule has 178 valence electrons. The van der Waals surface area contributed by atoms with Gasteiger partial charge >= 0.3 is 0 Å². The first-order valence-corrected chi connectivity index (χ1v) is 11.5. The summed E-state index contributed by atoms with van der Waals surface area (Å²) in [4.78, 5) is 32.9. The van der Waals surface area contributed by atoms with Crippen LogP contribution in [0.1, 0.15) is 15.9 Å². The molecule has 1 aliphatic rings. The van der Waals surface area contributed by atoms with Crippen molar-refractivity contribution < 1.29 is 9.53 Å². The minimum atomic E-state index is -0.460. The van der Waals surface area contributed by atoms with E-state index in [-0.39, 0.29) is 5.56 Å². The molecule has 0 radical (unpaired) electrons. The van der Waals surface area contributed by atoms with Crippen molar-refractivity contribution in [3.8, 4) is 5.75 Å².